The van der Waals surface area contributed by atoms with Crippen molar-refractivity contribution in [2.45, 2.75) is 45.1 Å². The summed E-state index contributed by atoms with van der Waals surface area (Å²) in [5, 5.41) is 0. The molecule has 0 amide bonds. The van der Waals surface area contributed by atoms with Gasteiger partial charge >= 0.3 is 5.97 Å². The van der Waals surface area contributed by atoms with Crippen molar-refractivity contribution < 1.29 is 9.53 Å². The Labute approximate surface area is 114 Å². The highest BCUT2D eigenvalue weighted by Crippen LogP contribution is 2.51. The Kier molecular flexibility index (Phi) is 2.93. The Morgan fingerprint density at radius 3 is 2.63 bits per heavy atom. The smallest absolute Gasteiger partial charge is 0.336 e. The second-order valence-electron chi connectivity index (χ2n) is 6.11. The van der Waals surface area contributed by atoms with Gasteiger partial charge in [0.15, 0.2) is 0 Å². The number of carbonyl (C=O) groups is 1. The number of nitrogens with zero attached hydrogens (tertiary/aromatic N) is 1. The van der Waals surface area contributed by atoms with E-state index in [0.717, 1.165) is 49.9 Å². The van der Waals surface area contributed by atoms with Crippen molar-refractivity contribution in [1.29, 1.82) is 0 Å². The molecule has 2 aliphatic heterocycles. The number of nitrogens with two attached hydrogens (primary N) is 1. The Morgan fingerprint density at radius 1 is 1.37 bits per heavy atom. The van der Waals surface area contributed by atoms with Gasteiger partial charge in [0, 0.05) is 23.7 Å². The largest absolute Gasteiger partial charge is 0.456 e. The predicted octanol–water partition coefficient (Wildman–Crippen LogP) is 1.92. The van der Waals surface area contributed by atoms with E-state index in [2.05, 4.69) is 11.5 Å². The molecule has 2 heterocycles. The maximum Gasteiger partial charge on any atom is 0.336 e. The van der Waals surface area contributed by atoms with Crippen LogP contribution in [0.4, 0.5) is 0 Å². The quantitative estimate of drug-likeness (QED) is 0.734. The highest BCUT2D eigenvalue weighted by Gasteiger charge is 2.45. The van der Waals surface area contributed by atoms with Crippen LogP contribution in [0, 0.1) is 5.41 Å². The molecule has 0 bridgehead atoms. The van der Waals surface area contributed by atoms with E-state index in [0.29, 0.717) is 12.6 Å². The first-order valence-corrected chi connectivity index (χ1v) is 7.13. The summed E-state index contributed by atoms with van der Waals surface area (Å²) in [6, 6.07) is 0.352. The molecule has 0 radical (unpaired) electrons. The highest BCUT2D eigenvalue weighted by atomic mass is 16.5. The summed E-state index contributed by atoms with van der Waals surface area (Å²) >= 11 is 0. The van der Waals surface area contributed by atoms with Crippen molar-refractivity contribution in [1.82, 2.24) is 4.90 Å². The number of cyclic esters (lactones) is 1. The van der Waals surface area contributed by atoms with Gasteiger partial charge in [0.2, 0.25) is 0 Å². The van der Waals surface area contributed by atoms with Gasteiger partial charge in [-0.05, 0) is 39.0 Å². The fourth-order valence-corrected chi connectivity index (χ4v) is 3.67. The van der Waals surface area contributed by atoms with E-state index in [1.54, 1.807) is 0 Å². The van der Waals surface area contributed by atoms with E-state index in [4.69, 9.17) is 10.5 Å². The number of carbonyl (C=O) groups excluding carboxylic acids is 1. The van der Waals surface area contributed by atoms with Crippen molar-refractivity contribution >= 4 is 5.97 Å². The minimum absolute atomic E-state index is 0.186. The SMILES string of the molecule is C=C1N(C2=C(C)C(=O)OC2)CCC12CCC(N)CC2. The zero-order valence-electron chi connectivity index (χ0n) is 11.6. The molecule has 3 aliphatic rings. The van der Waals surface area contributed by atoms with Crippen LogP contribution in [0.25, 0.3) is 0 Å². The Hall–Kier alpha value is -1.29. The first-order valence-electron chi connectivity index (χ1n) is 7.13. The van der Waals surface area contributed by atoms with Gasteiger partial charge in [0.05, 0.1) is 11.3 Å². The molecule has 1 spiro atoms. The van der Waals surface area contributed by atoms with E-state index < -0.39 is 0 Å². The molecular weight excluding hydrogens is 240 g/mol. The van der Waals surface area contributed by atoms with Crippen molar-refractivity contribution in [3.8, 4) is 0 Å². The fourth-order valence-electron chi connectivity index (χ4n) is 3.67. The summed E-state index contributed by atoms with van der Waals surface area (Å²) in [5.74, 6) is -0.186. The van der Waals surface area contributed by atoms with Gasteiger partial charge in [-0.1, -0.05) is 6.58 Å². The molecule has 0 atom stereocenters. The van der Waals surface area contributed by atoms with Gasteiger partial charge in [-0.3, -0.25) is 0 Å². The van der Waals surface area contributed by atoms with Crippen LogP contribution in [0.5, 0.6) is 0 Å². The third-order valence-electron chi connectivity index (χ3n) is 5.14. The number of ether oxygens (including phenoxy) is 1. The fraction of sp³-hybridized carbons (Fsp3) is 0.667. The predicted molar refractivity (Wildman–Crippen MR) is 73.0 cm³/mol. The van der Waals surface area contributed by atoms with Gasteiger partial charge in [-0.25, -0.2) is 4.79 Å². The molecular formula is C15H22N2O2. The average molecular weight is 262 g/mol. The lowest BCUT2D eigenvalue weighted by molar-refractivity contribution is -0.136. The van der Waals surface area contributed by atoms with Crippen LogP contribution in [0.15, 0.2) is 23.5 Å². The first kappa shape index (κ1) is 12.7. The molecule has 3 rings (SSSR count). The molecule has 2 fully saturated rings. The van der Waals surface area contributed by atoms with E-state index in [1.807, 2.05) is 6.92 Å². The number of rotatable bonds is 1. The number of likely N-dealkylation sites (tertiary alicyclic amines) is 1. The summed E-state index contributed by atoms with van der Waals surface area (Å²) in [7, 11) is 0. The Bertz CT molecular complexity index is 459. The second-order valence-corrected chi connectivity index (χ2v) is 6.11. The molecule has 104 valence electrons. The van der Waals surface area contributed by atoms with Gasteiger partial charge in [0.25, 0.3) is 0 Å². The van der Waals surface area contributed by atoms with E-state index in [9.17, 15) is 4.79 Å². The highest BCUT2D eigenvalue weighted by molar-refractivity contribution is 5.91. The van der Waals surface area contributed by atoms with Crippen LogP contribution in [0.2, 0.25) is 0 Å². The lowest BCUT2D eigenvalue weighted by Gasteiger charge is -2.38. The third kappa shape index (κ3) is 1.89. The second kappa shape index (κ2) is 4.37. The van der Waals surface area contributed by atoms with Crippen LogP contribution < -0.4 is 5.73 Å². The average Bonchev–Trinajstić information content (AvgIpc) is 2.88. The summed E-state index contributed by atoms with van der Waals surface area (Å²) in [6.45, 7) is 7.53. The molecule has 19 heavy (non-hydrogen) atoms. The lowest BCUT2D eigenvalue weighted by Crippen LogP contribution is -2.34. The molecule has 1 saturated carbocycles. The number of allylic oxidation sites excluding steroid dienone is 1. The number of hydrogen-bond acceptors (Lipinski definition) is 4. The molecule has 0 aromatic heterocycles. The molecule has 1 aliphatic carbocycles. The van der Waals surface area contributed by atoms with E-state index in [1.165, 1.54) is 5.70 Å². The van der Waals surface area contributed by atoms with Crippen molar-refractivity contribution in [2.75, 3.05) is 13.2 Å². The molecule has 0 aromatic carbocycles. The zero-order valence-corrected chi connectivity index (χ0v) is 11.6. The molecule has 4 nitrogen and oxygen atoms in total. The number of hydrogen-bond donors (Lipinski definition) is 1. The Morgan fingerprint density at radius 2 is 2.05 bits per heavy atom. The summed E-state index contributed by atoms with van der Waals surface area (Å²) < 4.78 is 5.12. The summed E-state index contributed by atoms with van der Waals surface area (Å²) in [5.41, 5.74) is 9.16. The van der Waals surface area contributed by atoms with Crippen LogP contribution in [-0.4, -0.2) is 30.1 Å². The van der Waals surface area contributed by atoms with Crippen molar-refractivity contribution in [3.05, 3.63) is 23.5 Å². The molecule has 4 heteroatoms. The summed E-state index contributed by atoms with van der Waals surface area (Å²) in [6.07, 6.45) is 5.55. The zero-order chi connectivity index (χ0) is 13.6. The standard InChI is InChI=1S/C15H22N2O2/c1-10-13(9-19-14(10)18)17-8-7-15(11(17)2)5-3-12(16)4-6-15/h12H,2-9,16H2,1H3. The minimum Gasteiger partial charge on any atom is -0.456 e. The minimum atomic E-state index is -0.186. The maximum atomic E-state index is 11.5. The van der Waals surface area contributed by atoms with Crippen LogP contribution in [-0.2, 0) is 9.53 Å². The maximum absolute atomic E-state index is 11.5. The van der Waals surface area contributed by atoms with Gasteiger partial charge in [0.1, 0.15) is 6.61 Å². The summed E-state index contributed by atoms with van der Waals surface area (Å²) in [4.78, 5) is 13.7. The monoisotopic (exact) mass is 262 g/mol. The van der Waals surface area contributed by atoms with Gasteiger partial charge in [-0.2, -0.15) is 0 Å². The van der Waals surface area contributed by atoms with Crippen LogP contribution in [0.1, 0.15) is 39.0 Å². The van der Waals surface area contributed by atoms with Gasteiger partial charge < -0.3 is 15.4 Å². The van der Waals surface area contributed by atoms with Crippen LogP contribution in [0.3, 0.4) is 0 Å². The van der Waals surface area contributed by atoms with E-state index >= 15 is 0 Å². The molecule has 2 N–H and O–H groups in total. The van der Waals surface area contributed by atoms with E-state index in [-0.39, 0.29) is 11.4 Å². The number of esters is 1. The topological polar surface area (TPSA) is 55.6 Å². The molecule has 0 unspecified atom stereocenters. The van der Waals surface area contributed by atoms with Crippen molar-refractivity contribution in [2.24, 2.45) is 11.1 Å². The van der Waals surface area contributed by atoms with Crippen LogP contribution >= 0.6 is 0 Å². The van der Waals surface area contributed by atoms with Gasteiger partial charge in [-0.15, -0.1) is 0 Å². The lowest BCUT2D eigenvalue weighted by atomic mass is 9.70. The third-order valence-corrected chi connectivity index (χ3v) is 5.14. The Balaban J connectivity index is 1.81. The normalized spacial score (nSPS) is 35.5. The molecule has 0 aromatic rings. The van der Waals surface area contributed by atoms with Crippen molar-refractivity contribution in [3.63, 3.8) is 0 Å². The first-order chi connectivity index (χ1) is 9.03. The molecule has 1 saturated heterocycles.